The highest BCUT2D eigenvalue weighted by Gasteiger charge is 2.22. The lowest BCUT2D eigenvalue weighted by atomic mass is 10.1. The third-order valence-electron chi connectivity index (χ3n) is 15.7. The van der Waals surface area contributed by atoms with Gasteiger partial charge in [0.05, 0.1) is 0 Å². The molecule has 0 bridgehead atoms. The minimum atomic E-state index is -1.21. The Morgan fingerprint density at radius 1 is 0.308 bits per heavy atom. The summed E-state index contributed by atoms with van der Waals surface area (Å²) in [4.78, 5) is 58.5. The monoisotopic (exact) mass is 1110 g/mol. The summed E-state index contributed by atoms with van der Waals surface area (Å²) in [6.45, 7) is 14.8. The zero-order valence-corrected chi connectivity index (χ0v) is 52.2. The minimum Gasteiger partial charge on any atom is -0.382 e. The van der Waals surface area contributed by atoms with Crippen LogP contribution in [-0.4, -0.2) is 146 Å². The predicted molar refractivity (Wildman–Crippen MR) is 331 cm³/mol. The van der Waals surface area contributed by atoms with Gasteiger partial charge < -0.3 is 36.4 Å². The molecule has 0 saturated carbocycles. The number of amides is 4. The van der Waals surface area contributed by atoms with Crippen molar-refractivity contribution in [3.05, 3.63) is 0 Å². The number of carbonyl (C=O) groups is 4. The van der Waals surface area contributed by atoms with Crippen LogP contribution in [0.3, 0.4) is 0 Å². The first kappa shape index (κ1) is 75.7. The zero-order chi connectivity index (χ0) is 57.2. The van der Waals surface area contributed by atoms with E-state index in [4.69, 9.17) is 0 Å². The standard InChI is InChI=1S/C65H131N7O6/c1-6-10-14-18-22-26-30-34-38-42-48-66-62(75)46-52-71(58-60(73)64(77)68-50-44-40-36-32-28-24-20-16-12-8-3)56-54-70(5)55-57-72(53-47-63(76)67-49-43-39-35-31-27-23-19-15-11-7-2)59-61(74)65(78)69-51-45-41-37-33-29-25-21-17-13-9-4/h60-61,73-74H,6-59H2,1-5H3,(H,66,75)(H,67,76)(H,68,77)(H,69,78). The van der Waals surface area contributed by atoms with Crippen LogP contribution in [0.5, 0.6) is 0 Å². The van der Waals surface area contributed by atoms with Crippen molar-refractivity contribution in [2.24, 2.45) is 0 Å². The number of hydrogen-bond donors (Lipinski definition) is 6. The van der Waals surface area contributed by atoms with Gasteiger partial charge in [0, 0.05) is 91.4 Å². The van der Waals surface area contributed by atoms with Crippen molar-refractivity contribution in [3.63, 3.8) is 0 Å². The number of nitrogens with one attached hydrogen (secondary N) is 4. The topological polar surface area (TPSA) is 167 Å². The molecule has 462 valence electrons. The number of nitrogens with zero attached hydrogens (tertiary/aromatic N) is 3. The van der Waals surface area contributed by atoms with Crippen molar-refractivity contribution < 1.29 is 29.4 Å². The molecule has 0 saturated heterocycles. The van der Waals surface area contributed by atoms with Crippen LogP contribution >= 0.6 is 0 Å². The Bertz CT molecular complexity index is 1230. The van der Waals surface area contributed by atoms with E-state index in [0.29, 0.717) is 65.4 Å². The number of rotatable bonds is 62. The normalized spacial score (nSPS) is 12.4. The molecule has 2 unspecified atom stereocenters. The fraction of sp³-hybridized carbons (Fsp3) is 0.938. The molecule has 0 radical (unpaired) electrons. The van der Waals surface area contributed by atoms with Crippen LogP contribution in [-0.2, 0) is 19.2 Å². The number of likely N-dealkylation sites (N-methyl/N-ethyl adjacent to an activating group) is 1. The summed E-state index contributed by atoms with van der Waals surface area (Å²) in [6.07, 6.45) is 47.4. The molecule has 13 heteroatoms. The van der Waals surface area contributed by atoms with Crippen molar-refractivity contribution in [2.75, 3.05) is 85.6 Å². The van der Waals surface area contributed by atoms with Crippen molar-refractivity contribution >= 4 is 23.6 Å². The van der Waals surface area contributed by atoms with Gasteiger partial charge in [-0.15, -0.1) is 0 Å². The Morgan fingerprint density at radius 3 is 0.769 bits per heavy atom. The van der Waals surface area contributed by atoms with Gasteiger partial charge in [0.25, 0.3) is 0 Å². The van der Waals surface area contributed by atoms with Gasteiger partial charge in [0.1, 0.15) is 12.2 Å². The van der Waals surface area contributed by atoms with Crippen molar-refractivity contribution in [1.82, 2.24) is 36.0 Å². The van der Waals surface area contributed by atoms with Crippen LogP contribution in [0.2, 0.25) is 0 Å². The van der Waals surface area contributed by atoms with Crippen molar-refractivity contribution in [1.29, 1.82) is 0 Å². The molecule has 13 nitrogen and oxygen atoms in total. The fourth-order valence-corrected chi connectivity index (χ4v) is 10.2. The van der Waals surface area contributed by atoms with E-state index in [1.165, 1.54) is 193 Å². The molecule has 6 N–H and O–H groups in total. The number of unbranched alkanes of at least 4 members (excludes halogenated alkanes) is 36. The predicted octanol–water partition coefficient (Wildman–Crippen LogP) is 13.2. The van der Waals surface area contributed by atoms with Crippen LogP contribution in [0.4, 0.5) is 0 Å². The molecular weight excluding hydrogens is 975 g/mol. The van der Waals surface area contributed by atoms with Gasteiger partial charge in [-0.05, 0) is 32.7 Å². The van der Waals surface area contributed by atoms with Crippen LogP contribution in [0, 0.1) is 0 Å². The van der Waals surface area contributed by atoms with Gasteiger partial charge in [-0.3, -0.25) is 29.0 Å². The first-order chi connectivity index (χ1) is 38.1. The molecule has 0 fully saturated rings. The number of carbonyl (C=O) groups excluding carboxylic acids is 4. The molecule has 4 amide bonds. The highest BCUT2D eigenvalue weighted by atomic mass is 16.3. The lowest BCUT2D eigenvalue weighted by Crippen LogP contribution is -2.47. The van der Waals surface area contributed by atoms with Gasteiger partial charge in [0.15, 0.2) is 0 Å². The van der Waals surface area contributed by atoms with Crippen LogP contribution in [0.1, 0.15) is 297 Å². The maximum atomic E-state index is 13.1. The molecule has 0 heterocycles. The first-order valence-electron chi connectivity index (χ1n) is 33.7. The quantitative estimate of drug-likeness (QED) is 0.0325. The van der Waals surface area contributed by atoms with Gasteiger partial charge in [0.2, 0.25) is 23.6 Å². The molecular formula is C65H131N7O6. The summed E-state index contributed by atoms with van der Waals surface area (Å²) in [5.74, 6) is -0.773. The highest BCUT2D eigenvalue weighted by molar-refractivity contribution is 5.81. The van der Waals surface area contributed by atoms with E-state index < -0.39 is 12.2 Å². The largest absolute Gasteiger partial charge is 0.382 e. The van der Waals surface area contributed by atoms with E-state index in [2.05, 4.69) is 53.9 Å². The zero-order valence-electron chi connectivity index (χ0n) is 52.2. The van der Waals surface area contributed by atoms with Gasteiger partial charge in [-0.25, -0.2) is 0 Å². The fourth-order valence-electron chi connectivity index (χ4n) is 10.2. The lowest BCUT2D eigenvalue weighted by molar-refractivity contribution is -0.131. The second kappa shape index (κ2) is 59.3. The molecule has 0 aromatic carbocycles. The maximum Gasteiger partial charge on any atom is 0.250 e. The van der Waals surface area contributed by atoms with Crippen LogP contribution in [0.15, 0.2) is 0 Å². The minimum absolute atomic E-state index is 0.0153. The van der Waals surface area contributed by atoms with Crippen molar-refractivity contribution in [3.8, 4) is 0 Å². The number of hydrogen-bond acceptors (Lipinski definition) is 9. The highest BCUT2D eigenvalue weighted by Crippen LogP contribution is 2.14. The Kier molecular flexibility index (Phi) is 57.5. The molecule has 0 aliphatic heterocycles. The molecule has 2 atom stereocenters. The summed E-state index contributed by atoms with van der Waals surface area (Å²) < 4.78 is 0. The SMILES string of the molecule is CCCCCCCCCCCCNC(=O)CCN(CCN(C)CCN(CCC(=O)NCCCCCCCCCCCC)CC(O)C(=O)NCCCCCCCCCCCC)CC(O)C(=O)NCCCCCCCCCCCC. The second-order valence-electron chi connectivity index (χ2n) is 23.4. The Hall–Kier alpha value is -2.32. The lowest BCUT2D eigenvalue weighted by Gasteiger charge is -2.29. The molecule has 0 aliphatic carbocycles. The third-order valence-corrected chi connectivity index (χ3v) is 15.7. The average molecular weight is 1110 g/mol. The van der Waals surface area contributed by atoms with Gasteiger partial charge >= 0.3 is 0 Å². The summed E-state index contributed by atoms with van der Waals surface area (Å²) in [7, 11) is 2.01. The Morgan fingerprint density at radius 2 is 0.526 bits per heavy atom. The van der Waals surface area contributed by atoms with E-state index in [0.717, 1.165) is 64.2 Å². The summed E-state index contributed by atoms with van der Waals surface area (Å²) in [6, 6.07) is 0. The number of aliphatic hydroxyl groups is 2. The Balaban J connectivity index is 5.37. The summed E-state index contributed by atoms with van der Waals surface area (Å²) >= 11 is 0. The second-order valence-corrected chi connectivity index (χ2v) is 23.4. The Labute approximate surface area is 482 Å². The van der Waals surface area contributed by atoms with Crippen molar-refractivity contribution in [2.45, 2.75) is 310 Å². The molecule has 0 aromatic heterocycles. The van der Waals surface area contributed by atoms with E-state index in [1.807, 2.05) is 16.8 Å². The molecule has 0 aromatic rings. The molecule has 0 aliphatic rings. The maximum absolute atomic E-state index is 13.1. The first-order valence-corrected chi connectivity index (χ1v) is 33.7. The molecule has 0 spiro atoms. The molecule has 78 heavy (non-hydrogen) atoms. The molecule has 0 rings (SSSR count). The van der Waals surface area contributed by atoms with E-state index in [9.17, 15) is 29.4 Å². The third kappa shape index (κ3) is 53.0. The van der Waals surface area contributed by atoms with Crippen LogP contribution < -0.4 is 21.3 Å². The van der Waals surface area contributed by atoms with Gasteiger partial charge in [-0.1, -0.05) is 259 Å². The van der Waals surface area contributed by atoms with Crippen LogP contribution in [0.25, 0.3) is 0 Å². The van der Waals surface area contributed by atoms with E-state index in [-0.39, 0.29) is 49.6 Å². The van der Waals surface area contributed by atoms with E-state index >= 15 is 0 Å². The number of aliphatic hydroxyl groups excluding tert-OH is 2. The average Bonchev–Trinajstić information content (AvgIpc) is 3.43. The summed E-state index contributed by atoms with van der Waals surface area (Å²) in [5.41, 5.74) is 0. The van der Waals surface area contributed by atoms with E-state index in [1.54, 1.807) is 0 Å². The van der Waals surface area contributed by atoms with Gasteiger partial charge in [-0.2, -0.15) is 0 Å². The smallest absolute Gasteiger partial charge is 0.250 e. The summed E-state index contributed by atoms with van der Waals surface area (Å²) in [5, 5.41) is 34.4.